The van der Waals surface area contributed by atoms with E-state index in [-0.39, 0.29) is 18.7 Å². The van der Waals surface area contributed by atoms with Gasteiger partial charge in [0.15, 0.2) is 23.0 Å². The summed E-state index contributed by atoms with van der Waals surface area (Å²) in [6, 6.07) is 11.4. The van der Waals surface area contributed by atoms with E-state index in [0.29, 0.717) is 30.1 Å². The van der Waals surface area contributed by atoms with Crippen LogP contribution in [0.2, 0.25) is 0 Å². The Labute approximate surface area is 157 Å². The largest absolute Gasteiger partial charge is 0.493 e. The van der Waals surface area contributed by atoms with Gasteiger partial charge in [-0.25, -0.2) is 4.79 Å². The average Bonchev–Trinajstić information content (AvgIpc) is 3.29. The molecule has 1 atom stereocenters. The van der Waals surface area contributed by atoms with Crippen molar-refractivity contribution in [2.24, 2.45) is 5.92 Å². The molecule has 0 N–H and O–H groups in total. The molecule has 0 amide bonds. The van der Waals surface area contributed by atoms with Crippen LogP contribution in [0, 0.1) is 5.92 Å². The van der Waals surface area contributed by atoms with Crippen molar-refractivity contribution >= 4 is 12.0 Å². The molecule has 0 aliphatic carbocycles. The number of fused-ring (bicyclic) bond motifs is 1. The van der Waals surface area contributed by atoms with Crippen LogP contribution in [-0.2, 0) is 16.0 Å². The first-order valence-corrected chi connectivity index (χ1v) is 8.67. The van der Waals surface area contributed by atoms with E-state index in [1.54, 1.807) is 14.2 Å². The third-order valence-electron chi connectivity index (χ3n) is 4.74. The molecule has 2 aliphatic heterocycles. The summed E-state index contributed by atoms with van der Waals surface area (Å²) in [7, 11) is 3.17. The Hall–Kier alpha value is -3.15. The van der Waals surface area contributed by atoms with Gasteiger partial charge in [0.2, 0.25) is 6.79 Å². The number of rotatable bonds is 5. The highest BCUT2D eigenvalue weighted by atomic mass is 16.7. The Balaban J connectivity index is 1.59. The topological polar surface area (TPSA) is 63.2 Å². The molecule has 4 rings (SSSR count). The van der Waals surface area contributed by atoms with Crippen LogP contribution in [0.4, 0.5) is 0 Å². The minimum Gasteiger partial charge on any atom is -0.493 e. The molecule has 0 saturated carbocycles. The van der Waals surface area contributed by atoms with Gasteiger partial charge in [0.25, 0.3) is 0 Å². The molecule has 140 valence electrons. The number of hydrogen-bond acceptors (Lipinski definition) is 6. The fourth-order valence-electron chi connectivity index (χ4n) is 3.34. The Morgan fingerprint density at radius 3 is 2.63 bits per heavy atom. The maximum absolute atomic E-state index is 12.3. The third-order valence-corrected chi connectivity index (χ3v) is 4.74. The number of esters is 1. The van der Waals surface area contributed by atoms with Gasteiger partial charge in [0, 0.05) is 11.5 Å². The van der Waals surface area contributed by atoms with Crippen LogP contribution in [0.1, 0.15) is 11.1 Å². The van der Waals surface area contributed by atoms with Crippen molar-refractivity contribution in [1.29, 1.82) is 0 Å². The molecule has 27 heavy (non-hydrogen) atoms. The highest BCUT2D eigenvalue weighted by molar-refractivity contribution is 5.96. The van der Waals surface area contributed by atoms with Crippen LogP contribution < -0.4 is 18.9 Å². The fourth-order valence-corrected chi connectivity index (χ4v) is 3.34. The molecule has 0 spiro atoms. The lowest BCUT2D eigenvalue weighted by Gasteiger charge is -2.11. The van der Waals surface area contributed by atoms with E-state index < -0.39 is 0 Å². The normalized spacial score (nSPS) is 19.3. The van der Waals surface area contributed by atoms with E-state index in [1.165, 1.54) is 0 Å². The van der Waals surface area contributed by atoms with Gasteiger partial charge in [-0.05, 0) is 47.9 Å². The zero-order valence-electron chi connectivity index (χ0n) is 15.2. The second kappa shape index (κ2) is 7.23. The van der Waals surface area contributed by atoms with Crippen molar-refractivity contribution in [2.45, 2.75) is 6.42 Å². The molecule has 6 nitrogen and oxygen atoms in total. The van der Waals surface area contributed by atoms with Crippen LogP contribution in [0.5, 0.6) is 23.0 Å². The molecule has 1 saturated heterocycles. The van der Waals surface area contributed by atoms with E-state index in [2.05, 4.69) is 0 Å². The Morgan fingerprint density at radius 1 is 1.00 bits per heavy atom. The summed E-state index contributed by atoms with van der Waals surface area (Å²) in [5, 5.41) is 0. The number of cyclic esters (lactones) is 1. The number of ether oxygens (including phenoxy) is 5. The highest BCUT2D eigenvalue weighted by Gasteiger charge is 2.31. The van der Waals surface area contributed by atoms with E-state index in [9.17, 15) is 4.79 Å². The van der Waals surface area contributed by atoms with Gasteiger partial charge in [-0.3, -0.25) is 0 Å². The second-order valence-corrected chi connectivity index (χ2v) is 6.40. The standard InChI is InChI=1S/C21H20O6/c1-23-17-5-3-14(9-19(17)24-2)8-16-15(11-25-21(16)22)7-13-4-6-18-20(10-13)27-12-26-18/h3-6,8-10,15H,7,11-12H2,1-2H3/b16-8-/t15-/m0/s1. The Bertz CT molecular complexity index is 902. The van der Waals surface area contributed by atoms with Gasteiger partial charge >= 0.3 is 5.97 Å². The molecule has 0 aromatic heterocycles. The second-order valence-electron chi connectivity index (χ2n) is 6.40. The maximum atomic E-state index is 12.3. The Kier molecular flexibility index (Phi) is 4.62. The van der Waals surface area contributed by atoms with Crippen molar-refractivity contribution in [3.63, 3.8) is 0 Å². The summed E-state index contributed by atoms with van der Waals surface area (Å²) in [6.07, 6.45) is 2.54. The monoisotopic (exact) mass is 368 g/mol. The molecule has 2 aromatic rings. The molecular formula is C21H20O6. The Morgan fingerprint density at radius 2 is 1.81 bits per heavy atom. The summed E-state index contributed by atoms with van der Waals surface area (Å²) in [5.74, 6) is 2.44. The molecule has 0 unspecified atom stereocenters. The van der Waals surface area contributed by atoms with E-state index in [1.807, 2.05) is 42.5 Å². The molecule has 2 aromatic carbocycles. The summed E-state index contributed by atoms with van der Waals surface area (Å²) >= 11 is 0. The zero-order valence-corrected chi connectivity index (χ0v) is 15.2. The van der Waals surface area contributed by atoms with Gasteiger partial charge in [-0.15, -0.1) is 0 Å². The predicted octanol–water partition coefficient (Wildman–Crippen LogP) is 3.23. The number of benzene rings is 2. The summed E-state index contributed by atoms with van der Waals surface area (Å²) < 4.78 is 26.7. The number of carbonyl (C=O) groups is 1. The van der Waals surface area contributed by atoms with Crippen LogP contribution in [-0.4, -0.2) is 33.6 Å². The number of hydrogen-bond donors (Lipinski definition) is 0. The van der Waals surface area contributed by atoms with Gasteiger partial charge in [-0.2, -0.15) is 0 Å². The van der Waals surface area contributed by atoms with Crippen LogP contribution in [0.25, 0.3) is 6.08 Å². The van der Waals surface area contributed by atoms with E-state index in [0.717, 1.165) is 22.6 Å². The molecule has 0 bridgehead atoms. The molecule has 1 fully saturated rings. The summed E-state index contributed by atoms with van der Waals surface area (Å²) in [6.45, 7) is 0.612. The number of carbonyl (C=O) groups excluding carboxylic acids is 1. The smallest absolute Gasteiger partial charge is 0.334 e. The lowest BCUT2D eigenvalue weighted by molar-refractivity contribution is -0.135. The first-order chi connectivity index (χ1) is 13.2. The first kappa shape index (κ1) is 17.3. The predicted molar refractivity (Wildman–Crippen MR) is 98.2 cm³/mol. The molecular weight excluding hydrogens is 348 g/mol. The lowest BCUT2D eigenvalue weighted by atomic mass is 9.92. The van der Waals surface area contributed by atoms with Gasteiger partial charge in [-0.1, -0.05) is 12.1 Å². The zero-order chi connectivity index (χ0) is 18.8. The van der Waals surface area contributed by atoms with Gasteiger partial charge in [0.05, 0.1) is 20.8 Å². The third kappa shape index (κ3) is 3.43. The molecule has 6 heteroatoms. The van der Waals surface area contributed by atoms with Gasteiger partial charge < -0.3 is 23.7 Å². The van der Waals surface area contributed by atoms with E-state index in [4.69, 9.17) is 23.7 Å². The van der Waals surface area contributed by atoms with Gasteiger partial charge in [0.1, 0.15) is 0 Å². The molecule has 2 heterocycles. The molecule has 0 radical (unpaired) electrons. The summed E-state index contributed by atoms with van der Waals surface area (Å²) in [4.78, 5) is 12.3. The quantitative estimate of drug-likeness (QED) is 0.596. The minimum absolute atomic E-state index is 0.0223. The number of methoxy groups -OCH3 is 2. The highest BCUT2D eigenvalue weighted by Crippen LogP contribution is 2.35. The van der Waals surface area contributed by atoms with Crippen molar-refractivity contribution in [3.8, 4) is 23.0 Å². The first-order valence-electron chi connectivity index (χ1n) is 8.67. The minimum atomic E-state index is -0.282. The van der Waals surface area contributed by atoms with Crippen LogP contribution in [0.15, 0.2) is 42.0 Å². The lowest BCUT2D eigenvalue weighted by Crippen LogP contribution is -2.07. The van der Waals surface area contributed by atoms with Crippen LogP contribution >= 0.6 is 0 Å². The van der Waals surface area contributed by atoms with Crippen molar-refractivity contribution in [1.82, 2.24) is 0 Å². The van der Waals surface area contributed by atoms with Crippen molar-refractivity contribution in [3.05, 3.63) is 53.1 Å². The van der Waals surface area contributed by atoms with E-state index >= 15 is 0 Å². The maximum Gasteiger partial charge on any atom is 0.334 e. The molecule has 2 aliphatic rings. The average molecular weight is 368 g/mol. The van der Waals surface area contributed by atoms with Crippen molar-refractivity contribution < 1.29 is 28.5 Å². The summed E-state index contributed by atoms with van der Waals surface area (Å²) in [5.41, 5.74) is 2.58. The SMILES string of the molecule is COc1ccc(/C=C2\C(=O)OC[C@@H]2Cc2ccc3c(c2)OCO3)cc1OC. The fraction of sp³-hybridized carbons (Fsp3) is 0.286. The van der Waals surface area contributed by atoms with Crippen LogP contribution in [0.3, 0.4) is 0 Å². The van der Waals surface area contributed by atoms with Crippen molar-refractivity contribution in [2.75, 3.05) is 27.6 Å².